The lowest BCUT2D eigenvalue weighted by atomic mass is 9.89. The standard InChI is InChI=1S/C10H17NO/c1-7(2)8(12)9-10(3-4-10)5-6-11-9/h7,9,11H,3-6H2,1-2H3/t9-/m1/s1. The van der Waals surface area contributed by atoms with Gasteiger partial charge in [0.15, 0.2) is 5.78 Å². The van der Waals surface area contributed by atoms with E-state index in [0.29, 0.717) is 11.2 Å². The highest BCUT2D eigenvalue weighted by molar-refractivity contribution is 5.87. The van der Waals surface area contributed by atoms with Gasteiger partial charge in [0, 0.05) is 5.92 Å². The molecule has 2 aliphatic rings. The molecule has 1 saturated heterocycles. The Morgan fingerprint density at radius 3 is 2.58 bits per heavy atom. The molecule has 68 valence electrons. The molecule has 1 aliphatic heterocycles. The lowest BCUT2D eigenvalue weighted by Crippen LogP contribution is -2.39. The fraction of sp³-hybridized carbons (Fsp3) is 0.900. The second-order valence-electron chi connectivity index (χ2n) is 4.56. The first-order valence-electron chi connectivity index (χ1n) is 4.93. The summed E-state index contributed by atoms with van der Waals surface area (Å²) < 4.78 is 0. The van der Waals surface area contributed by atoms with Gasteiger partial charge >= 0.3 is 0 Å². The summed E-state index contributed by atoms with van der Waals surface area (Å²) >= 11 is 0. The minimum absolute atomic E-state index is 0.192. The van der Waals surface area contributed by atoms with Gasteiger partial charge in [-0.3, -0.25) is 4.79 Å². The van der Waals surface area contributed by atoms with Crippen LogP contribution in [0.3, 0.4) is 0 Å². The molecule has 2 heteroatoms. The zero-order valence-electron chi connectivity index (χ0n) is 7.89. The first-order valence-corrected chi connectivity index (χ1v) is 4.93. The molecule has 2 fully saturated rings. The molecule has 2 rings (SSSR count). The summed E-state index contributed by atoms with van der Waals surface area (Å²) in [5, 5.41) is 3.34. The van der Waals surface area contributed by atoms with E-state index in [0.717, 1.165) is 6.54 Å². The van der Waals surface area contributed by atoms with Crippen LogP contribution in [-0.4, -0.2) is 18.4 Å². The van der Waals surface area contributed by atoms with E-state index in [-0.39, 0.29) is 12.0 Å². The van der Waals surface area contributed by atoms with Gasteiger partial charge in [0.2, 0.25) is 0 Å². The molecule has 1 saturated carbocycles. The summed E-state index contributed by atoms with van der Waals surface area (Å²) in [6.45, 7) is 5.04. The largest absolute Gasteiger partial charge is 0.307 e. The van der Waals surface area contributed by atoms with Crippen LogP contribution in [0.2, 0.25) is 0 Å². The molecule has 12 heavy (non-hydrogen) atoms. The second kappa shape index (κ2) is 2.56. The number of Topliss-reactive ketones (excluding diaryl/α,β-unsaturated/α-hetero) is 1. The Bertz CT molecular complexity index is 206. The van der Waals surface area contributed by atoms with Crippen molar-refractivity contribution in [2.45, 2.75) is 39.2 Å². The molecular weight excluding hydrogens is 150 g/mol. The van der Waals surface area contributed by atoms with E-state index in [4.69, 9.17) is 0 Å². The topological polar surface area (TPSA) is 29.1 Å². The van der Waals surface area contributed by atoms with Gasteiger partial charge in [-0.05, 0) is 31.2 Å². The van der Waals surface area contributed by atoms with Gasteiger partial charge < -0.3 is 5.32 Å². The molecule has 1 heterocycles. The fourth-order valence-corrected chi connectivity index (χ4v) is 2.26. The first-order chi connectivity index (χ1) is 5.66. The van der Waals surface area contributed by atoms with Crippen LogP contribution in [0.4, 0.5) is 0 Å². The van der Waals surface area contributed by atoms with E-state index in [9.17, 15) is 4.79 Å². The van der Waals surface area contributed by atoms with E-state index >= 15 is 0 Å². The Morgan fingerprint density at radius 2 is 2.08 bits per heavy atom. The van der Waals surface area contributed by atoms with Crippen molar-refractivity contribution >= 4 is 5.78 Å². The predicted molar refractivity (Wildman–Crippen MR) is 47.9 cm³/mol. The lowest BCUT2D eigenvalue weighted by Gasteiger charge is -2.18. The number of rotatable bonds is 2. The number of carbonyl (C=O) groups excluding carboxylic acids is 1. The molecule has 0 aromatic heterocycles. The van der Waals surface area contributed by atoms with Gasteiger partial charge in [-0.15, -0.1) is 0 Å². The fourth-order valence-electron chi connectivity index (χ4n) is 2.26. The average molecular weight is 167 g/mol. The third-order valence-electron chi connectivity index (χ3n) is 3.33. The second-order valence-corrected chi connectivity index (χ2v) is 4.56. The molecule has 0 bridgehead atoms. The minimum Gasteiger partial charge on any atom is -0.307 e. The predicted octanol–water partition coefficient (Wildman–Crippen LogP) is 1.35. The van der Waals surface area contributed by atoms with Crippen LogP contribution in [0, 0.1) is 11.3 Å². The Balaban J connectivity index is 2.08. The molecule has 0 aromatic rings. The summed E-state index contributed by atoms with van der Waals surface area (Å²) in [6.07, 6.45) is 3.75. The van der Waals surface area contributed by atoms with E-state index < -0.39 is 0 Å². The van der Waals surface area contributed by atoms with Crippen molar-refractivity contribution in [3.63, 3.8) is 0 Å². The third-order valence-corrected chi connectivity index (χ3v) is 3.33. The Hall–Kier alpha value is -0.370. The van der Waals surface area contributed by atoms with Crippen molar-refractivity contribution in [1.82, 2.24) is 5.32 Å². The van der Waals surface area contributed by atoms with Crippen LogP contribution in [0.5, 0.6) is 0 Å². The maximum absolute atomic E-state index is 11.7. The third kappa shape index (κ3) is 1.09. The SMILES string of the molecule is CC(C)C(=O)[C@H]1NCCC12CC2. The van der Waals surface area contributed by atoms with Crippen LogP contribution in [0.15, 0.2) is 0 Å². The molecule has 1 aliphatic carbocycles. The van der Waals surface area contributed by atoms with Crippen molar-refractivity contribution in [1.29, 1.82) is 0 Å². The van der Waals surface area contributed by atoms with Crippen LogP contribution in [0.25, 0.3) is 0 Å². The highest BCUT2D eigenvalue weighted by Crippen LogP contribution is 2.54. The smallest absolute Gasteiger partial charge is 0.152 e. The number of hydrogen-bond donors (Lipinski definition) is 1. The van der Waals surface area contributed by atoms with Gasteiger partial charge in [0.05, 0.1) is 6.04 Å². The van der Waals surface area contributed by atoms with Gasteiger partial charge in [0.25, 0.3) is 0 Å². The van der Waals surface area contributed by atoms with Crippen molar-refractivity contribution in [2.75, 3.05) is 6.54 Å². The summed E-state index contributed by atoms with van der Waals surface area (Å²) in [5.74, 6) is 0.614. The minimum atomic E-state index is 0.192. The molecular formula is C10H17NO. The normalized spacial score (nSPS) is 31.4. The van der Waals surface area contributed by atoms with Crippen LogP contribution < -0.4 is 5.32 Å². The van der Waals surface area contributed by atoms with Crippen molar-refractivity contribution < 1.29 is 4.79 Å². The van der Waals surface area contributed by atoms with Crippen LogP contribution in [-0.2, 0) is 4.79 Å². The Kier molecular flexibility index (Phi) is 1.76. The maximum atomic E-state index is 11.7. The number of ketones is 1. The highest BCUT2D eigenvalue weighted by Gasteiger charge is 2.54. The van der Waals surface area contributed by atoms with Gasteiger partial charge in [0.1, 0.15) is 0 Å². The zero-order chi connectivity index (χ0) is 8.77. The van der Waals surface area contributed by atoms with Crippen molar-refractivity contribution in [2.24, 2.45) is 11.3 Å². The molecule has 1 spiro atoms. The molecule has 0 radical (unpaired) electrons. The maximum Gasteiger partial charge on any atom is 0.152 e. The summed E-state index contributed by atoms with van der Waals surface area (Å²) in [5.41, 5.74) is 0.404. The monoisotopic (exact) mass is 167 g/mol. The number of carbonyl (C=O) groups is 1. The van der Waals surface area contributed by atoms with Gasteiger partial charge in [-0.1, -0.05) is 13.8 Å². The zero-order valence-corrected chi connectivity index (χ0v) is 7.89. The van der Waals surface area contributed by atoms with Gasteiger partial charge in [-0.2, -0.15) is 0 Å². The Morgan fingerprint density at radius 1 is 1.42 bits per heavy atom. The number of hydrogen-bond acceptors (Lipinski definition) is 2. The molecule has 1 N–H and O–H groups in total. The average Bonchev–Trinajstić information content (AvgIpc) is 2.62. The molecule has 0 aromatic carbocycles. The van der Waals surface area contributed by atoms with E-state index in [1.54, 1.807) is 0 Å². The van der Waals surface area contributed by atoms with Crippen LogP contribution in [0.1, 0.15) is 33.1 Å². The highest BCUT2D eigenvalue weighted by atomic mass is 16.1. The van der Waals surface area contributed by atoms with Crippen molar-refractivity contribution in [3.05, 3.63) is 0 Å². The van der Waals surface area contributed by atoms with Gasteiger partial charge in [-0.25, -0.2) is 0 Å². The number of nitrogens with one attached hydrogen (secondary N) is 1. The van der Waals surface area contributed by atoms with E-state index in [1.165, 1.54) is 19.3 Å². The lowest BCUT2D eigenvalue weighted by molar-refractivity contribution is -0.124. The van der Waals surface area contributed by atoms with E-state index in [2.05, 4.69) is 5.32 Å². The van der Waals surface area contributed by atoms with Crippen molar-refractivity contribution in [3.8, 4) is 0 Å². The summed E-state index contributed by atoms with van der Waals surface area (Å²) in [7, 11) is 0. The summed E-state index contributed by atoms with van der Waals surface area (Å²) in [4.78, 5) is 11.7. The Labute approximate surface area is 73.7 Å². The molecule has 0 amide bonds. The molecule has 2 nitrogen and oxygen atoms in total. The molecule has 0 unspecified atom stereocenters. The quantitative estimate of drug-likeness (QED) is 0.672. The molecule has 1 atom stereocenters. The first kappa shape index (κ1) is 8.24. The van der Waals surface area contributed by atoms with E-state index in [1.807, 2.05) is 13.8 Å². The van der Waals surface area contributed by atoms with Crippen LogP contribution >= 0.6 is 0 Å². The summed E-state index contributed by atoms with van der Waals surface area (Å²) in [6, 6.07) is 0.192.